The molecule has 0 aliphatic heterocycles. The van der Waals surface area contributed by atoms with Crippen molar-refractivity contribution in [1.82, 2.24) is 10.3 Å². The van der Waals surface area contributed by atoms with Gasteiger partial charge in [-0.2, -0.15) is 0 Å². The fraction of sp³-hybridized carbons (Fsp3) is 0.190. The summed E-state index contributed by atoms with van der Waals surface area (Å²) in [5, 5.41) is 13.1. The Morgan fingerprint density at radius 1 is 1.04 bits per heavy atom. The largest absolute Gasteiger partial charge is 0.480 e. The molecule has 0 aliphatic rings. The van der Waals surface area contributed by atoms with E-state index in [1.165, 1.54) is 7.11 Å². The zero-order chi connectivity index (χ0) is 19.2. The quantitative estimate of drug-likeness (QED) is 0.673. The van der Waals surface area contributed by atoms with Crippen LogP contribution >= 0.6 is 0 Å². The van der Waals surface area contributed by atoms with Gasteiger partial charge in [0.1, 0.15) is 6.04 Å². The van der Waals surface area contributed by atoms with E-state index in [-0.39, 0.29) is 6.42 Å². The van der Waals surface area contributed by atoms with Crippen molar-refractivity contribution in [1.29, 1.82) is 0 Å². The van der Waals surface area contributed by atoms with Gasteiger partial charge in [0, 0.05) is 24.6 Å². The van der Waals surface area contributed by atoms with E-state index in [0.29, 0.717) is 11.3 Å². The van der Waals surface area contributed by atoms with Crippen LogP contribution in [0.2, 0.25) is 0 Å². The summed E-state index contributed by atoms with van der Waals surface area (Å²) in [6, 6.07) is 19.1. The molecule has 27 heavy (non-hydrogen) atoms. The second-order valence-electron chi connectivity index (χ2n) is 6.13. The molecule has 3 rings (SSSR count). The topological polar surface area (TPSA) is 88.5 Å². The number of carboxylic acid groups (broad SMARTS) is 1. The lowest BCUT2D eigenvalue weighted by molar-refractivity contribution is -0.144. The maximum Gasteiger partial charge on any atom is 0.326 e. The normalized spacial score (nSPS) is 13.1. The number of amides is 1. The molecule has 0 spiro atoms. The van der Waals surface area contributed by atoms with Gasteiger partial charge in [-0.25, -0.2) is 4.79 Å². The molecule has 0 unspecified atom stereocenters. The molecule has 1 aromatic heterocycles. The summed E-state index contributed by atoms with van der Waals surface area (Å²) >= 11 is 0. The fourth-order valence-corrected chi connectivity index (χ4v) is 2.90. The smallest absolute Gasteiger partial charge is 0.326 e. The van der Waals surface area contributed by atoms with Crippen LogP contribution < -0.4 is 5.32 Å². The van der Waals surface area contributed by atoms with Gasteiger partial charge in [0.05, 0.1) is 5.52 Å². The van der Waals surface area contributed by atoms with E-state index >= 15 is 0 Å². The van der Waals surface area contributed by atoms with Crippen molar-refractivity contribution in [3.8, 4) is 0 Å². The fourth-order valence-electron chi connectivity index (χ4n) is 2.90. The number of para-hydroxylation sites is 1. The van der Waals surface area contributed by atoms with E-state index in [9.17, 15) is 14.7 Å². The lowest BCUT2D eigenvalue weighted by Gasteiger charge is -2.19. The number of hydrogen-bond acceptors (Lipinski definition) is 4. The lowest BCUT2D eigenvalue weighted by Crippen LogP contribution is -2.44. The number of methoxy groups -OCH3 is 1. The zero-order valence-electron chi connectivity index (χ0n) is 14.8. The molecule has 3 aromatic rings. The van der Waals surface area contributed by atoms with E-state index in [1.807, 2.05) is 36.4 Å². The summed E-state index contributed by atoms with van der Waals surface area (Å²) in [5.74, 6) is -1.63. The van der Waals surface area contributed by atoms with Gasteiger partial charge in [-0.1, -0.05) is 54.6 Å². The third-order valence-corrected chi connectivity index (χ3v) is 4.26. The third-order valence-electron chi connectivity index (χ3n) is 4.26. The molecule has 138 valence electrons. The molecular formula is C21H20N2O4. The molecule has 1 amide bonds. The number of carbonyl (C=O) groups is 2. The molecule has 0 radical (unpaired) electrons. The number of rotatable bonds is 7. The van der Waals surface area contributed by atoms with E-state index < -0.39 is 24.0 Å². The van der Waals surface area contributed by atoms with Crippen LogP contribution in [0.1, 0.15) is 17.4 Å². The Hall–Kier alpha value is -3.25. The first-order valence-corrected chi connectivity index (χ1v) is 8.54. The van der Waals surface area contributed by atoms with Gasteiger partial charge in [0.15, 0.2) is 6.10 Å². The molecule has 0 fully saturated rings. The molecule has 6 heteroatoms. The minimum Gasteiger partial charge on any atom is -0.480 e. The number of fused-ring (bicyclic) bond motifs is 1. The molecule has 0 saturated heterocycles. The van der Waals surface area contributed by atoms with Crippen molar-refractivity contribution in [2.75, 3.05) is 7.11 Å². The zero-order valence-corrected chi connectivity index (χ0v) is 14.8. The number of carboxylic acids is 1. The molecule has 1 heterocycles. The Morgan fingerprint density at radius 3 is 2.44 bits per heavy atom. The van der Waals surface area contributed by atoms with Crippen molar-refractivity contribution in [3.63, 3.8) is 0 Å². The van der Waals surface area contributed by atoms with Crippen LogP contribution in [0, 0.1) is 0 Å². The number of nitrogens with zero attached hydrogens (tertiary/aromatic N) is 1. The predicted molar refractivity (Wildman–Crippen MR) is 101 cm³/mol. The average molecular weight is 364 g/mol. The molecule has 0 aliphatic carbocycles. The number of hydrogen-bond donors (Lipinski definition) is 2. The predicted octanol–water partition coefficient (Wildman–Crippen LogP) is 2.73. The van der Waals surface area contributed by atoms with Crippen LogP contribution in [0.3, 0.4) is 0 Å². The van der Waals surface area contributed by atoms with Gasteiger partial charge in [-0.3, -0.25) is 9.78 Å². The highest BCUT2D eigenvalue weighted by atomic mass is 16.5. The summed E-state index contributed by atoms with van der Waals surface area (Å²) in [4.78, 5) is 28.7. The highest BCUT2D eigenvalue weighted by molar-refractivity contribution is 5.87. The molecule has 0 saturated carbocycles. The number of ether oxygens (including phenoxy) is 1. The Bertz CT molecular complexity index is 943. The van der Waals surface area contributed by atoms with Gasteiger partial charge in [-0.05, 0) is 17.7 Å². The highest BCUT2D eigenvalue weighted by Crippen LogP contribution is 2.17. The van der Waals surface area contributed by atoms with Gasteiger partial charge in [-0.15, -0.1) is 0 Å². The minimum atomic E-state index is -1.12. The molecule has 0 bridgehead atoms. The Morgan fingerprint density at radius 2 is 1.74 bits per heavy atom. The summed E-state index contributed by atoms with van der Waals surface area (Å²) < 4.78 is 5.27. The summed E-state index contributed by atoms with van der Waals surface area (Å²) in [5.41, 5.74) is 2.03. The van der Waals surface area contributed by atoms with Crippen LogP contribution in [0.15, 0.2) is 66.7 Å². The maximum absolute atomic E-state index is 12.6. The molecular weight excluding hydrogens is 344 g/mol. The van der Waals surface area contributed by atoms with Gasteiger partial charge in [0.2, 0.25) is 0 Å². The van der Waals surface area contributed by atoms with Gasteiger partial charge < -0.3 is 15.2 Å². The van der Waals surface area contributed by atoms with E-state index in [1.54, 1.807) is 30.3 Å². The molecule has 2 atom stereocenters. The average Bonchev–Trinajstić information content (AvgIpc) is 2.68. The van der Waals surface area contributed by atoms with Crippen LogP contribution in [-0.4, -0.2) is 35.1 Å². The Balaban J connectivity index is 1.76. The SMILES string of the molecule is CO[C@H](C(=O)N[C@@H](Cc1ccc2ccccc2n1)C(=O)O)c1ccccc1. The van der Waals surface area contributed by atoms with Gasteiger partial charge in [0.25, 0.3) is 5.91 Å². The first kappa shape index (κ1) is 18.5. The monoisotopic (exact) mass is 364 g/mol. The molecule has 2 aromatic carbocycles. The Labute approximate surface area is 156 Å². The van der Waals surface area contributed by atoms with E-state index in [0.717, 1.165) is 10.9 Å². The number of benzene rings is 2. The maximum atomic E-state index is 12.6. The van der Waals surface area contributed by atoms with E-state index in [2.05, 4.69) is 10.3 Å². The highest BCUT2D eigenvalue weighted by Gasteiger charge is 2.26. The minimum absolute atomic E-state index is 0.0805. The van der Waals surface area contributed by atoms with Gasteiger partial charge >= 0.3 is 5.97 Å². The van der Waals surface area contributed by atoms with Crippen molar-refractivity contribution >= 4 is 22.8 Å². The van der Waals surface area contributed by atoms with Crippen LogP contribution in [0.4, 0.5) is 0 Å². The van der Waals surface area contributed by atoms with Crippen LogP contribution in [0.5, 0.6) is 0 Å². The first-order chi connectivity index (χ1) is 13.1. The number of nitrogens with one attached hydrogen (secondary N) is 1. The number of carbonyl (C=O) groups excluding carboxylic acids is 1. The standard InChI is InChI=1S/C21H20N2O4/c1-27-19(15-8-3-2-4-9-15)20(24)23-18(21(25)26)13-16-12-11-14-7-5-6-10-17(14)22-16/h2-12,18-19H,13H2,1H3,(H,23,24)(H,25,26)/t18-,19-/m0/s1. The summed E-state index contributed by atoms with van der Waals surface area (Å²) in [7, 11) is 1.41. The third kappa shape index (κ3) is 4.48. The summed E-state index contributed by atoms with van der Waals surface area (Å²) in [6.07, 6.45) is -0.797. The number of aliphatic carboxylic acids is 1. The van der Waals surface area contributed by atoms with Crippen molar-refractivity contribution in [2.45, 2.75) is 18.6 Å². The number of aromatic nitrogens is 1. The van der Waals surface area contributed by atoms with Crippen LogP contribution in [0.25, 0.3) is 10.9 Å². The first-order valence-electron chi connectivity index (χ1n) is 8.54. The number of pyridine rings is 1. The van der Waals surface area contributed by atoms with E-state index in [4.69, 9.17) is 4.74 Å². The van der Waals surface area contributed by atoms with Crippen LogP contribution in [-0.2, 0) is 20.7 Å². The van der Waals surface area contributed by atoms with Crippen molar-refractivity contribution in [3.05, 3.63) is 78.0 Å². The molecule has 6 nitrogen and oxygen atoms in total. The Kier molecular flexibility index (Phi) is 5.78. The molecule has 2 N–H and O–H groups in total. The van der Waals surface area contributed by atoms with Crippen molar-refractivity contribution < 1.29 is 19.4 Å². The van der Waals surface area contributed by atoms with Crippen molar-refractivity contribution in [2.24, 2.45) is 0 Å². The lowest BCUT2D eigenvalue weighted by atomic mass is 10.1. The second-order valence-corrected chi connectivity index (χ2v) is 6.13. The summed E-state index contributed by atoms with van der Waals surface area (Å²) in [6.45, 7) is 0. The second kappa shape index (κ2) is 8.42.